The molecule has 0 aromatic carbocycles. The van der Waals surface area contributed by atoms with E-state index in [9.17, 15) is 4.79 Å². The lowest BCUT2D eigenvalue weighted by Crippen LogP contribution is -2.38. The van der Waals surface area contributed by atoms with Crippen LogP contribution in [0.3, 0.4) is 0 Å². The van der Waals surface area contributed by atoms with Crippen molar-refractivity contribution in [3.8, 4) is 0 Å². The van der Waals surface area contributed by atoms with Gasteiger partial charge in [0.2, 0.25) is 0 Å². The van der Waals surface area contributed by atoms with Crippen molar-refractivity contribution in [2.45, 2.75) is 32.0 Å². The van der Waals surface area contributed by atoms with Crippen molar-refractivity contribution in [1.82, 2.24) is 10.2 Å². The molecular weight excluding hydrogens is 178 g/mol. The van der Waals surface area contributed by atoms with E-state index in [1.807, 2.05) is 0 Å². The summed E-state index contributed by atoms with van der Waals surface area (Å²) >= 11 is 0. The van der Waals surface area contributed by atoms with Crippen molar-refractivity contribution in [2.24, 2.45) is 0 Å². The molecule has 1 fully saturated rings. The Bertz CT molecular complexity index is 860. The molecule has 0 radical (unpaired) electrons. The van der Waals surface area contributed by atoms with Crippen LogP contribution in [0.1, 0.15) is 45.2 Å². The van der Waals surface area contributed by atoms with Crippen molar-refractivity contribution < 1.29 is 19.2 Å². The molecule has 1 unspecified atom stereocenters. The minimum atomic E-state index is -3.87. The molecule has 0 spiro atoms. The van der Waals surface area contributed by atoms with E-state index in [1.54, 1.807) is 5.10 Å². The van der Waals surface area contributed by atoms with E-state index in [-0.39, 0.29) is 4.90 Å². The van der Waals surface area contributed by atoms with Gasteiger partial charge < -0.3 is 4.90 Å². The Balaban J connectivity index is 3.07. The van der Waals surface area contributed by atoms with Gasteiger partial charge in [-0.3, -0.25) is 4.79 Å². The van der Waals surface area contributed by atoms with E-state index in [0.29, 0.717) is 0 Å². The predicted molar refractivity (Wildman–Crippen MR) is 55.5 cm³/mol. The summed E-state index contributed by atoms with van der Waals surface area (Å²) in [6.45, 7) is -7.51. The number of hydrogen-bond acceptors (Lipinski definition) is 3. The average molecular weight is 207 g/mol. The highest BCUT2D eigenvalue weighted by Gasteiger charge is 2.19. The molecule has 1 aliphatic heterocycles. The third-order valence-electron chi connectivity index (χ3n) is 1.40. The second-order valence-electron chi connectivity index (χ2n) is 2.30. The van der Waals surface area contributed by atoms with Gasteiger partial charge in [-0.15, -0.1) is 0 Å². The largest absolute Gasteiger partial charge is 0.352 e. The molecule has 1 atom stereocenters. The monoisotopic (exact) mass is 207 g/mol. The van der Waals surface area contributed by atoms with E-state index in [1.165, 1.54) is 0 Å². The highest BCUT2D eigenvalue weighted by molar-refractivity contribution is 5.38. The fourth-order valence-electron chi connectivity index (χ4n) is 0.823. The number of piperidine rings is 1. The van der Waals surface area contributed by atoms with E-state index in [2.05, 4.69) is 5.10 Å². The van der Waals surface area contributed by atoms with Crippen LogP contribution in [0.25, 0.3) is 0 Å². The summed E-state index contributed by atoms with van der Waals surface area (Å²) in [5.41, 5.74) is -1.21. The number of hydrogen-bond donors (Lipinski definition) is 1. The first kappa shape index (κ1) is 2.26. The fourth-order valence-corrected chi connectivity index (χ4v) is 0.823. The summed E-state index contributed by atoms with van der Waals surface area (Å²) in [6.07, 6.45) is -11.4. The summed E-state index contributed by atoms with van der Waals surface area (Å²) in [5.74, 6) is -1.19. The van der Waals surface area contributed by atoms with Crippen molar-refractivity contribution in [2.75, 3.05) is 11.4 Å². The predicted octanol–water partition coefficient (Wildman–Crippen LogP) is 1.15. The van der Waals surface area contributed by atoms with Gasteiger partial charge in [0.05, 0.1) is 4.11 Å². The lowest BCUT2D eigenvalue weighted by Gasteiger charge is -2.33. The molecule has 4 heteroatoms. The maximum absolute atomic E-state index is 11.4. The Labute approximate surface area is 103 Å². The molecule has 1 aromatic rings. The van der Waals surface area contributed by atoms with Crippen molar-refractivity contribution in [3.63, 3.8) is 0 Å². The standard InChI is InChI=1S/C10H15N3O/c1-8-4-2-3-7-13(8)9-5-6-10(14)12-11-9/h5-6,8H,2-4,7H2,1H3,(H,12,14)/i1D3,2D2,3D2,4D2,5D,6D,7D2,8D. The van der Waals surface area contributed by atoms with E-state index in [4.69, 9.17) is 19.2 Å². The number of rotatable bonds is 1. The number of nitrogens with one attached hydrogen (secondary N) is 1. The SMILES string of the molecule is [2H]c1c(N2C([2H])([2H])C([2H])([2H])C([2H])([2H])C([2H])([2H])C2([2H])C([2H])([2H])[2H])n[nH]c(=O)c1[2H]. The Morgan fingerprint density at radius 3 is 3.64 bits per heavy atom. The van der Waals surface area contributed by atoms with E-state index < -0.39 is 61.9 Å². The zero-order valence-corrected chi connectivity index (χ0v) is 6.80. The van der Waals surface area contributed by atoms with E-state index >= 15 is 0 Å². The molecule has 0 bridgehead atoms. The van der Waals surface area contributed by atoms with Crippen LogP contribution in [0.2, 0.25) is 0 Å². The third-order valence-corrected chi connectivity index (χ3v) is 1.40. The van der Waals surface area contributed by atoms with Crippen LogP contribution in [-0.4, -0.2) is 22.7 Å². The molecule has 2 heterocycles. The molecule has 0 saturated carbocycles. The summed E-state index contributed by atoms with van der Waals surface area (Å²) in [7, 11) is 0. The molecular formula is C10H15N3O. The quantitative estimate of drug-likeness (QED) is 0.751. The normalized spacial score (nSPS) is 57.6. The maximum atomic E-state index is 11.4. The van der Waals surface area contributed by atoms with Gasteiger partial charge in [-0.2, -0.15) is 5.10 Å². The lowest BCUT2D eigenvalue weighted by molar-refractivity contribution is 0.479. The zero-order chi connectivity index (χ0) is 22.3. The number of anilines is 1. The summed E-state index contributed by atoms with van der Waals surface area (Å²) in [4.78, 5) is 11.1. The second-order valence-corrected chi connectivity index (χ2v) is 2.30. The second kappa shape index (κ2) is 3.82. The van der Waals surface area contributed by atoms with Gasteiger partial charge in [-0.1, -0.05) is 0 Å². The summed E-state index contributed by atoms with van der Waals surface area (Å²) in [5, 5.41) is 4.94. The first-order valence-corrected chi connectivity index (χ1v) is 3.57. The highest BCUT2D eigenvalue weighted by Crippen LogP contribution is 2.21. The molecule has 76 valence electrons. The van der Waals surface area contributed by atoms with Crippen LogP contribution < -0.4 is 10.5 Å². The Morgan fingerprint density at radius 2 is 2.79 bits per heavy atom. The molecule has 1 N–H and O–H groups in total. The van der Waals surface area contributed by atoms with Crippen LogP contribution in [0.5, 0.6) is 0 Å². The van der Waals surface area contributed by atoms with Gasteiger partial charge in [0.25, 0.3) is 5.56 Å². The minimum absolute atomic E-state index is 0.315. The molecule has 4 nitrogen and oxygen atoms in total. The van der Waals surface area contributed by atoms with Crippen LogP contribution in [0, 0.1) is 0 Å². The van der Waals surface area contributed by atoms with Gasteiger partial charge in [0.1, 0.15) is 5.82 Å². The number of aromatic amines is 1. The van der Waals surface area contributed by atoms with Crippen LogP contribution in [0.15, 0.2) is 16.9 Å². The minimum Gasteiger partial charge on any atom is -0.352 e. The van der Waals surface area contributed by atoms with Gasteiger partial charge in [0, 0.05) is 33.6 Å². The first-order valence-electron chi connectivity index (χ1n) is 10.6. The van der Waals surface area contributed by atoms with Gasteiger partial charge >= 0.3 is 0 Å². The molecule has 0 aliphatic carbocycles. The van der Waals surface area contributed by atoms with Crippen LogP contribution >= 0.6 is 0 Å². The topological polar surface area (TPSA) is 49.0 Å². The smallest absolute Gasteiger partial charge is 0.264 e. The highest BCUT2D eigenvalue weighted by atomic mass is 16.1. The van der Waals surface area contributed by atoms with Gasteiger partial charge in [0.15, 0.2) is 0 Å². The van der Waals surface area contributed by atoms with Crippen molar-refractivity contribution in [3.05, 3.63) is 22.4 Å². The van der Waals surface area contributed by atoms with Gasteiger partial charge in [-0.05, 0) is 32.0 Å². The Hall–Kier alpha value is -1.32. The number of H-pyrrole nitrogens is 1. The average Bonchev–Trinajstić information content (AvgIpc) is 2.52. The summed E-state index contributed by atoms with van der Waals surface area (Å²) in [6, 6.07) is -6.11. The Morgan fingerprint density at radius 1 is 1.86 bits per heavy atom. The molecule has 1 aliphatic rings. The molecule has 1 aromatic heterocycles. The fraction of sp³-hybridized carbons (Fsp3) is 0.600. The van der Waals surface area contributed by atoms with E-state index in [0.717, 1.165) is 0 Å². The van der Waals surface area contributed by atoms with Gasteiger partial charge in [-0.25, -0.2) is 5.10 Å². The molecule has 14 heavy (non-hydrogen) atoms. The number of aromatic nitrogens is 2. The zero-order valence-electron chi connectivity index (χ0n) is 20.8. The molecule has 0 amide bonds. The number of nitrogens with zero attached hydrogens (tertiary/aromatic N) is 2. The molecule has 1 saturated heterocycles. The first-order chi connectivity index (χ1) is 12.2. The van der Waals surface area contributed by atoms with Crippen molar-refractivity contribution >= 4 is 5.82 Å². The maximum Gasteiger partial charge on any atom is 0.264 e. The molecule has 2 rings (SSSR count). The van der Waals surface area contributed by atoms with Crippen LogP contribution in [-0.2, 0) is 0 Å². The Kier molecular flexibility index (Phi) is 0.616. The van der Waals surface area contributed by atoms with Crippen LogP contribution in [0.4, 0.5) is 5.82 Å². The van der Waals surface area contributed by atoms with Crippen molar-refractivity contribution in [1.29, 1.82) is 0 Å². The lowest BCUT2D eigenvalue weighted by atomic mass is 10.0. The third kappa shape index (κ3) is 1.78. The summed E-state index contributed by atoms with van der Waals surface area (Å²) < 4.78 is 110.